The van der Waals surface area contributed by atoms with Crippen LogP contribution in [0.25, 0.3) is 5.65 Å². The molecule has 2 heterocycles. The van der Waals surface area contributed by atoms with Gasteiger partial charge in [-0.2, -0.15) is 0 Å². The lowest BCUT2D eigenvalue weighted by Crippen LogP contribution is -2.26. The van der Waals surface area contributed by atoms with Gasteiger partial charge in [0, 0.05) is 31.4 Å². The monoisotopic (exact) mass is 385 g/mol. The third kappa shape index (κ3) is 4.52. The van der Waals surface area contributed by atoms with Gasteiger partial charge in [0.25, 0.3) is 0 Å². The number of nitrogens with one attached hydrogen (secondary N) is 1. The van der Waals surface area contributed by atoms with Crippen LogP contribution in [0.3, 0.4) is 0 Å². The molecule has 3 aromatic rings. The Morgan fingerprint density at radius 2 is 1.96 bits per heavy atom. The van der Waals surface area contributed by atoms with Crippen LogP contribution in [-0.2, 0) is 16.4 Å². The van der Waals surface area contributed by atoms with Crippen LogP contribution < -0.4 is 9.46 Å². The third-order valence-electron chi connectivity index (χ3n) is 3.44. The van der Waals surface area contributed by atoms with Crippen LogP contribution in [0.15, 0.2) is 59.8 Å². The van der Waals surface area contributed by atoms with Crippen LogP contribution in [0, 0.1) is 0 Å². The molecule has 138 valence electrons. The first kappa shape index (κ1) is 18.2. The van der Waals surface area contributed by atoms with Crippen molar-refractivity contribution in [2.24, 2.45) is 0 Å². The van der Waals surface area contributed by atoms with E-state index in [1.165, 1.54) is 12.1 Å². The summed E-state index contributed by atoms with van der Waals surface area (Å²) in [5.41, 5.74) is 1.43. The van der Waals surface area contributed by atoms with E-state index in [1.54, 1.807) is 6.20 Å². The van der Waals surface area contributed by atoms with Crippen molar-refractivity contribution in [3.63, 3.8) is 0 Å². The van der Waals surface area contributed by atoms with Gasteiger partial charge in [-0.15, -0.1) is 13.2 Å². The summed E-state index contributed by atoms with van der Waals surface area (Å²) >= 11 is 0. The molecule has 0 spiro atoms. The lowest BCUT2D eigenvalue weighted by atomic mass is 10.3. The van der Waals surface area contributed by atoms with E-state index in [0.29, 0.717) is 12.1 Å². The summed E-state index contributed by atoms with van der Waals surface area (Å²) in [5.74, 6) is -0.597. The minimum atomic E-state index is -4.89. The van der Waals surface area contributed by atoms with Crippen molar-refractivity contribution in [3.8, 4) is 5.75 Å². The zero-order valence-corrected chi connectivity index (χ0v) is 14.1. The van der Waals surface area contributed by atoms with E-state index < -0.39 is 22.1 Å². The third-order valence-corrected chi connectivity index (χ3v) is 4.90. The van der Waals surface area contributed by atoms with Gasteiger partial charge in [0.05, 0.1) is 10.6 Å². The number of hydrogen-bond donors (Lipinski definition) is 1. The second kappa shape index (κ2) is 6.96. The van der Waals surface area contributed by atoms with E-state index in [2.05, 4.69) is 14.4 Å². The minimum Gasteiger partial charge on any atom is -0.406 e. The van der Waals surface area contributed by atoms with Crippen molar-refractivity contribution >= 4 is 15.7 Å². The Kier molecular flexibility index (Phi) is 4.88. The van der Waals surface area contributed by atoms with Crippen molar-refractivity contribution in [2.45, 2.75) is 17.7 Å². The van der Waals surface area contributed by atoms with Crippen LogP contribution >= 0.6 is 0 Å². The van der Waals surface area contributed by atoms with Gasteiger partial charge in [-0.1, -0.05) is 12.1 Å². The van der Waals surface area contributed by atoms with Crippen LogP contribution in [0.4, 0.5) is 13.2 Å². The summed E-state index contributed by atoms with van der Waals surface area (Å²) in [4.78, 5) is 4.03. The molecule has 2 aromatic heterocycles. The summed E-state index contributed by atoms with van der Waals surface area (Å²) < 4.78 is 69.1. The molecule has 0 bridgehead atoms. The molecule has 0 aliphatic heterocycles. The van der Waals surface area contributed by atoms with Crippen LogP contribution in [-0.4, -0.2) is 30.7 Å². The number of ether oxygens (including phenoxy) is 1. The fourth-order valence-electron chi connectivity index (χ4n) is 2.34. The second-order valence-corrected chi connectivity index (χ2v) is 7.14. The first-order valence-corrected chi connectivity index (χ1v) is 8.99. The number of pyridine rings is 1. The average molecular weight is 385 g/mol. The van der Waals surface area contributed by atoms with Crippen LogP contribution in [0.5, 0.6) is 5.75 Å². The summed E-state index contributed by atoms with van der Waals surface area (Å²) in [6.07, 6.45) is -0.956. The molecule has 0 radical (unpaired) electrons. The highest BCUT2D eigenvalue weighted by Gasteiger charge is 2.31. The molecule has 0 unspecified atom stereocenters. The van der Waals surface area contributed by atoms with Gasteiger partial charge in [-0.05, 0) is 24.3 Å². The Balaban J connectivity index is 1.66. The number of benzene rings is 1. The molecule has 1 aromatic carbocycles. The van der Waals surface area contributed by atoms with Gasteiger partial charge in [0.2, 0.25) is 10.0 Å². The predicted octanol–water partition coefficient (Wildman–Crippen LogP) is 2.75. The van der Waals surface area contributed by atoms with Crippen LogP contribution in [0.2, 0.25) is 0 Å². The molecule has 0 fully saturated rings. The number of fused-ring (bicyclic) bond motifs is 1. The Bertz CT molecular complexity index is 983. The van der Waals surface area contributed by atoms with E-state index in [4.69, 9.17) is 0 Å². The summed E-state index contributed by atoms with van der Waals surface area (Å²) in [5, 5.41) is 0. The van der Waals surface area contributed by atoms with E-state index >= 15 is 0 Å². The lowest BCUT2D eigenvalue weighted by molar-refractivity contribution is -0.274. The molecule has 0 aliphatic carbocycles. The second-order valence-electron chi connectivity index (χ2n) is 5.37. The molecule has 0 atom stereocenters. The first-order valence-electron chi connectivity index (χ1n) is 7.51. The number of rotatable bonds is 6. The maximum Gasteiger partial charge on any atom is 0.573 e. The van der Waals surface area contributed by atoms with Crippen molar-refractivity contribution in [1.29, 1.82) is 0 Å². The van der Waals surface area contributed by atoms with Crippen LogP contribution in [0.1, 0.15) is 5.69 Å². The van der Waals surface area contributed by atoms with Gasteiger partial charge in [-0.3, -0.25) is 0 Å². The lowest BCUT2D eigenvalue weighted by Gasteiger charge is -2.10. The molecular formula is C16H14F3N3O3S. The van der Waals surface area contributed by atoms with E-state index in [9.17, 15) is 21.6 Å². The van der Waals surface area contributed by atoms with Gasteiger partial charge < -0.3 is 9.14 Å². The maximum absolute atomic E-state index is 12.3. The fraction of sp³-hybridized carbons (Fsp3) is 0.188. The number of hydrogen-bond acceptors (Lipinski definition) is 4. The topological polar surface area (TPSA) is 72.7 Å². The molecule has 0 saturated heterocycles. The fourth-order valence-corrected chi connectivity index (χ4v) is 3.41. The molecule has 0 aliphatic rings. The number of imidazole rings is 1. The smallest absolute Gasteiger partial charge is 0.406 e. The highest BCUT2D eigenvalue weighted by Crippen LogP contribution is 2.24. The Labute approximate surface area is 147 Å². The summed E-state index contributed by atoms with van der Waals surface area (Å²) in [6.45, 7) is 0.0522. The quantitative estimate of drug-likeness (QED) is 0.708. The van der Waals surface area contributed by atoms with Crippen molar-refractivity contribution in [1.82, 2.24) is 14.1 Å². The van der Waals surface area contributed by atoms with Gasteiger partial charge in [0.1, 0.15) is 11.4 Å². The van der Waals surface area contributed by atoms with E-state index in [-0.39, 0.29) is 11.4 Å². The van der Waals surface area contributed by atoms with Crippen molar-refractivity contribution in [3.05, 3.63) is 60.6 Å². The predicted molar refractivity (Wildman–Crippen MR) is 87.2 cm³/mol. The zero-order valence-electron chi connectivity index (χ0n) is 13.3. The molecule has 3 rings (SSSR count). The van der Waals surface area contributed by atoms with Gasteiger partial charge >= 0.3 is 6.36 Å². The average Bonchev–Trinajstić information content (AvgIpc) is 2.96. The Morgan fingerprint density at radius 1 is 1.15 bits per heavy atom. The maximum atomic E-state index is 12.3. The van der Waals surface area contributed by atoms with E-state index in [1.807, 2.05) is 28.8 Å². The Morgan fingerprint density at radius 3 is 2.69 bits per heavy atom. The number of aromatic nitrogens is 2. The number of alkyl halides is 3. The normalized spacial score (nSPS) is 12.4. The molecule has 6 nitrogen and oxygen atoms in total. The number of halogens is 3. The summed E-state index contributed by atoms with van der Waals surface area (Å²) in [7, 11) is -3.97. The van der Waals surface area contributed by atoms with Crippen molar-refractivity contribution in [2.75, 3.05) is 6.54 Å². The number of nitrogens with zero attached hydrogens (tertiary/aromatic N) is 2. The first-order chi connectivity index (χ1) is 12.2. The number of sulfonamides is 1. The van der Waals surface area contributed by atoms with Crippen molar-refractivity contribution < 1.29 is 26.3 Å². The molecule has 0 amide bonds. The van der Waals surface area contributed by atoms with E-state index in [0.717, 1.165) is 17.8 Å². The Hall–Kier alpha value is -2.59. The molecule has 1 N–H and O–H groups in total. The van der Waals surface area contributed by atoms with Gasteiger partial charge in [0.15, 0.2) is 0 Å². The molecule has 10 heteroatoms. The molecular weight excluding hydrogens is 371 g/mol. The molecule has 0 saturated carbocycles. The van der Waals surface area contributed by atoms with Gasteiger partial charge in [-0.25, -0.2) is 18.1 Å². The molecule has 26 heavy (non-hydrogen) atoms. The highest BCUT2D eigenvalue weighted by molar-refractivity contribution is 7.89. The summed E-state index contributed by atoms with van der Waals surface area (Å²) in [6, 6.07) is 9.72. The minimum absolute atomic E-state index is 0.0522. The highest BCUT2D eigenvalue weighted by atomic mass is 32.2. The SMILES string of the molecule is O=S(=O)(NCCc1cn2ccccc2n1)c1cccc(OC(F)(F)F)c1. The largest absolute Gasteiger partial charge is 0.573 e. The zero-order chi connectivity index (χ0) is 18.8. The standard InChI is InChI=1S/C16H14F3N3O3S/c17-16(18,19)25-13-4-3-5-14(10-13)26(23,24)20-8-7-12-11-22-9-2-1-6-15(22)21-12/h1-6,9-11,20H,7-8H2.